The highest BCUT2D eigenvalue weighted by molar-refractivity contribution is 7.99. The van der Waals surface area contributed by atoms with Crippen LogP contribution in [-0.4, -0.2) is 25.5 Å². The van der Waals surface area contributed by atoms with Gasteiger partial charge in [0.05, 0.1) is 18.6 Å². The Morgan fingerprint density at radius 3 is 1.75 bits per heavy atom. The molecule has 0 unspecified atom stereocenters. The van der Waals surface area contributed by atoms with Gasteiger partial charge in [0.15, 0.2) is 11.0 Å². The normalized spacial score (nSPS) is 14.8. The van der Waals surface area contributed by atoms with E-state index in [4.69, 9.17) is 5.10 Å². The van der Waals surface area contributed by atoms with E-state index in [1.807, 2.05) is 0 Å². The number of thioether (sulfide) groups is 1. The van der Waals surface area contributed by atoms with Crippen LogP contribution in [-0.2, 0) is 17.5 Å². The van der Waals surface area contributed by atoms with Crippen molar-refractivity contribution in [2.75, 3.05) is 5.88 Å². The average Bonchev–Trinajstić information content (AvgIpc) is 3.28. The molecule has 0 aliphatic carbocycles. The van der Waals surface area contributed by atoms with Crippen LogP contribution in [0.15, 0.2) is 84.0 Å². The van der Waals surface area contributed by atoms with Crippen LogP contribution in [0.25, 0.3) is 11.4 Å². The molecule has 2 heterocycles. The summed E-state index contributed by atoms with van der Waals surface area (Å²) in [6.45, 7) is 14.4. The first-order valence-electron chi connectivity index (χ1n) is 12.7. The summed E-state index contributed by atoms with van der Waals surface area (Å²) in [6.07, 6.45) is 0. The molecule has 1 aromatic heterocycles. The third-order valence-electron chi connectivity index (χ3n) is 6.92. The highest BCUT2D eigenvalue weighted by Crippen LogP contribution is 2.38. The lowest BCUT2D eigenvalue weighted by Gasteiger charge is -2.35. The molecule has 0 spiro atoms. The van der Waals surface area contributed by atoms with Crippen molar-refractivity contribution in [1.82, 2.24) is 19.7 Å². The van der Waals surface area contributed by atoms with Gasteiger partial charge in [-0.3, -0.25) is 9.47 Å². The lowest BCUT2D eigenvalue weighted by Crippen LogP contribution is -2.34. The zero-order chi connectivity index (χ0) is 25.5. The number of hydrogen-bond acceptors (Lipinski definition) is 4. The van der Waals surface area contributed by atoms with Crippen molar-refractivity contribution in [3.63, 3.8) is 0 Å². The van der Waals surface area contributed by atoms with E-state index >= 15 is 0 Å². The predicted octanol–water partition coefficient (Wildman–Crippen LogP) is 7.65. The van der Waals surface area contributed by atoms with Crippen LogP contribution in [0.5, 0.6) is 0 Å². The summed E-state index contributed by atoms with van der Waals surface area (Å²) in [5, 5.41) is 10.3. The van der Waals surface area contributed by atoms with Gasteiger partial charge in [-0.05, 0) is 45.2 Å². The molecular weight excluding hydrogens is 460 g/mol. The largest absolute Gasteiger partial charge is 0.288 e. The molecule has 1 aliphatic heterocycles. The van der Waals surface area contributed by atoms with Crippen molar-refractivity contribution in [3.8, 4) is 11.4 Å². The van der Waals surface area contributed by atoms with Crippen LogP contribution in [0.4, 0.5) is 0 Å². The van der Waals surface area contributed by atoms with Crippen molar-refractivity contribution < 1.29 is 0 Å². The van der Waals surface area contributed by atoms with Crippen LogP contribution >= 0.6 is 11.8 Å². The van der Waals surface area contributed by atoms with Gasteiger partial charge in [-0.25, -0.2) is 0 Å². The molecule has 4 nitrogen and oxygen atoms in total. The topological polar surface area (TPSA) is 34.0 Å². The smallest absolute Gasteiger partial charge is 0.193 e. The lowest BCUT2D eigenvalue weighted by molar-refractivity contribution is 0.195. The van der Waals surface area contributed by atoms with Gasteiger partial charge < -0.3 is 0 Å². The monoisotopic (exact) mass is 496 g/mol. The van der Waals surface area contributed by atoms with Gasteiger partial charge >= 0.3 is 0 Å². The number of rotatable bonds is 4. The Labute approximate surface area is 219 Å². The van der Waals surface area contributed by atoms with Crippen molar-refractivity contribution in [3.05, 3.63) is 101 Å². The van der Waals surface area contributed by atoms with Crippen LogP contribution in [0.3, 0.4) is 0 Å². The van der Waals surface area contributed by atoms with Crippen molar-refractivity contribution in [2.45, 2.75) is 70.2 Å². The standard InChI is InChI=1S/C31H36N4S/c1-30(2,3)25-17-24(18-26(19-25)31(4,5)6)28-32-33-29-35(28)20-34(21-36-29)27(22-13-9-7-10-14-22)23-15-11-8-12-16-23/h7-19,27H,20-21H2,1-6H3. The summed E-state index contributed by atoms with van der Waals surface area (Å²) in [4.78, 5) is 2.52. The molecule has 5 rings (SSSR count). The Morgan fingerprint density at radius 1 is 0.722 bits per heavy atom. The first-order valence-corrected chi connectivity index (χ1v) is 13.7. The van der Waals surface area contributed by atoms with Gasteiger partial charge in [0, 0.05) is 5.56 Å². The molecule has 3 aromatic carbocycles. The first-order chi connectivity index (χ1) is 17.1. The van der Waals surface area contributed by atoms with Crippen LogP contribution in [0, 0.1) is 0 Å². The second-order valence-corrected chi connectivity index (χ2v) is 12.7. The minimum Gasteiger partial charge on any atom is -0.288 e. The number of hydrogen-bond donors (Lipinski definition) is 0. The fraction of sp³-hybridized carbons (Fsp3) is 0.355. The predicted molar refractivity (Wildman–Crippen MR) is 150 cm³/mol. The SMILES string of the molecule is CC(C)(C)c1cc(-c2nnc3n2CN(C(c2ccccc2)c2ccccc2)CS3)cc(C(C)(C)C)c1. The zero-order valence-corrected chi connectivity index (χ0v) is 23.0. The third kappa shape index (κ3) is 5.00. The molecule has 0 bridgehead atoms. The molecule has 0 saturated heterocycles. The molecule has 0 fully saturated rings. The minimum absolute atomic E-state index is 0.0489. The lowest BCUT2D eigenvalue weighted by atomic mass is 9.79. The van der Waals surface area contributed by atoms with Gasteiger partial charge in [-0.1, -0.05) is 120 Å². The molecule has 0 atom stereocenters. The molecule has 1 aliphatic rings. The average molecular weight is 497 g/mol. The van der Waals surface area contributed by atoms with E-state index in [0.29, 0.717) is 0 Å². The molecule has 36 heavy (non-hydrogen) atoms. The number of fused-ring (bicyclic) bond motifs is 1. The first kappa shape index (κ1) is 24.8. The summed E-state index contributed by atoms with van der Waals surface area (Å²) < 4.78 is 2.29. The van der Waals surface area contributed by atoms with E-state index in [2.05, 4.69) is 135 Å². The van der Waals surface area contributed by atoms with Crippen LogP contribution in [0.1, 0.15) is 69.8 Å². The van der Waals surface area contributed by atoms with Gasteiger partial charge in [-0.15, -0.1) is 10.2 Å². The summed E-state index contributed by atoms with van der Waals surface area (Å²) in [6, 6.07) is 28.7. The van der Waals surface area contributed by atoms with Gasteiger partial charge in [-0.2, -0.15) is 0 Å². The maximum absolute atomic E-state index is 4.72. The Hall–Kier alpha value is -2.89. The fourth-order valence-electron chi connectivity index (χ4n) is 4.76. The van der Waals surface area contributed by atoms with Crippen LogP contribution in [0.2, 0.25) is 0 Å². The molecule has 0 saturated carbocycles. The molecule has 0 amide bonds. The van der Waals surface area contributed by atoms with E-state index in [-0.39, 0.29) is 16.9 Å². The Balaban J connectivity index is 1.57. The van der Waals surface area contributed by atoms with Crippen LogP contribution < -0.4 is 0 Å². The number of aromatic nitrogens is 3. The molecule has 0 N–H and O–H groups in total. The molecule has 4 aromatic rings. The van der Waals surface area contributed by atoms with E-state index in [9.17, 15) is 0 Å². The Morgan fingerprint density at radius 2 is 1.25 bits per heavy atom. The van der Waals surface area contributed by atoms with Gasteiger partial charge in [0.1, 0.15) is 0 Å². The molecule has 186 valence electrons. The van der Waals surface area contributed by atoms with Crippen molar-refractivity contribution >= 4 is 11.8 Å². The van der Waals surface area contributed by atoms with Crippen molar-refractivity contribution in [2.24, 2.45) is 0 Å². The van der Waals surface area contributed by atoms with Gasteiger partial charge in [0.2, 0.25) is 0 Å². The zero-order valence-electron chi connectivity index (χ0n) is 22.2. The summed E-state index contributed by atoms with van der Waals surface area (Å²) in [5.74, 6) is 1.81. The van der Waals surface area contributed by atoms with Gasteiger partial charge in [0.25, 0.3) is 0 Å². The molecule has 5 heteroatoms. The van der Waals surface area contributed by atoms with E-state index in [0.717, 1.165) is 29.1 Å². The Kier molecular flexibility index (Phi) is 6.56. The number of benzene rings is 3. The second-order valence-electron chi connectivity index (χ2n) is 11.8. The van der Waals surface area contributed by atoms with Crippen molar-refractivity contribution in [1.29, 1.82) is 0 Å². The maximum Gasteiger partial charge on any atom is 0.193 e. The molecule has 0 radical (unpaired) electrons. The van der Waals surface area contributed by atoms with E-state index < -0.39 is 0 Å². The van der Waals surface area contributed by atoms with E-state index in [1.165, 1.54) is 22.3 Å². The second kappa shape index (κ2) is 9.53. The van der Waals surface area contributed by atoms with E-state index in [1.54, 1.807) is 11.8 Å². The highest BCUT2D eigenvalue weighted by Gasteiger charge is 2.30. The number of nitrogens with zero attached hydrogens (tertiary/aromatic N) is 4. The minimum atomic E-state index is 0.0489. The third-order valence-corrected chi connectivity index (χ3v) is 7.94. The summed E-state index contributed by atoms with van der Waals surface area (Å²) in [5.41, 5.74) is 6.49. The quantitative estimate of drug-likeness (QED) is 0.290. The summed E-state index contributed by atoms with van der Waals surface area (Å²) in [7, 11) is 0. The highest BCUT2D eigenvalue weighted by atomic mass is 32.2. The maximum atomic E-state index is 4.72. The summed E-state index contributed by atoms with van der Waals surface area (Å²) >= 11 is 1.76. The molecular formula is C31H36N4S. The Bertz CT molecular complexity index is 1260. The fourth-order valence-corrected chi connectivity index (χ4v) is 5.67.